The molecule has 0 fully saturated rings. The fraction of sp³-hybridized carbons (Fsp3) is 0.182. The first-order valence-corrected chi connectivity index (χ1v) is 15.3. The van der Waals surface area contributed by atoms with Crippen LogP contribution in [0.4, 0.5) is 20.8 Å². The lowest BCUT2D eigenvalue weighted by Crippen LogP contribution is -2.35. The maximum absolute atomic E-state index is 15.2. The second-order valence-electron chi connectivity index (χ2n) is 9.53. The molecule has 3 aromatic carbocycles. The van der Waals surface area contributed by atoms with Crippen LogP contribution < -0.4 is 34.9 Å². The van der Waals surface area contributed by atoms with Gasteiger partial charge in [-0.3, -0.25) is 9.78 Å². The van der Waals surface area contributed by atoms with E-state index >= 15 is 4.39 Å². The van der Waals surface area contributed by atoms with Gasteiger partial charge in [0.15, 0.2) is 28.2 Å². The Balaban J connectivity index is 1.22. The van der Waals surface area contributed by atoms with Crippen molar-refractivity contribution < 1.29 is 28.1 Å². The Morgan fingerprint density at radius 2 is 1.76 bits per heavy atom. The van der Waals surface area contributed by atoms with Crippen LogP contribution in [0.3, 0.4) is 0 Å². The Kier molecular flexibility index (Phi) is 10.3. The molecule has 0 unspecified atom stereocenters. The van der Waals surface area contributed by atoms with Crippen molar-refractivity contribution in [2.24, 2.45) is 0 Å². The molecule has 0 radical (unpaired) electrons. The number of rotatable bonds is 12. The molecule has 45 heavy (non-hydrogen) atoms. The number of benzene rings is 3. The highest BCUT2D eigenvalue weighted by molar-refractivity contribution is 7.80. The van der Waals surface area contributed by atoms with E-state index in [0.29, 0.717) is 47.2 Å². The highest BCUT2D eigenvalue weighted by atomic mass is 32.1. The molecule has 0 bridgehead atoms. The van der Waals surface area contributed by atoms with E-state index in [-0.39, 0.29) is 23.2 Å². The number of hydrogen-bond acceptors (Lipinski definition) is 9. The van der Waals surface area contributed by atoms with Gasteiger partial charge in [-0.2, -0.15) is 0 Å². The van der Waals surface area contributed by atoms with Gasteiger partial charge in [-0.25, -0.2) is 4.39 Å². The van der Waals surface area contributed by atoms with Crippen molar-refractivity contribution >= 4 is 61.2 Å². The van der Waals surface area contributed by atoms with E-state index in [1.54, 1.807) is 43.6 Å². The third kappa shape index (κ3) is 7.97. The number of methoxy groups -OCH3 is 1. The highest BCUT2D eigenvalue weighted by Gasteiger charge is 2.16. The topological polar surface area (TPSA) is 103 Å². The lowest BCUT2D eigenvalue weighted by atomic mass is 10.1. The third-order valence-corrected chi connectivity index (χ3v) is 7.63. The molecule has 5 aromatic rings. The summed E-state index contributed by atoms with van der Waals surface area (Å²) in [6.45, 7) is 4.63. The number of nitrogens with one attached hydrogen (secondary N) is 3. The van der Waals surface area contributed by atoms with Crippen LogP contribution in [0.1, 0.15) is 19.4 Å². The van der Waals surface area contributed by atoms with Crippen molar-refractivity contribution in [2.45, 2.75) is 20.3 Å². The molecule has 9 nitrogen and oxygen atoms in total. The average Bonchev–Trinajstić information content (AvgIpc) is 3.43. The van der Waals surface area contributed by atoms with Gasteiger partial charge in [-0.15, -0.1) is 11.3 Å². The Bertz CT molecular complexity index is 1830. The van der Waals surface area contributed by atoms with Crippen LogP contribution in [0.5, 0.6) is 28.7 Å². The van der Waals surface area contributed by atoms with Crippen molar-refractivity contribution in [3.8, 4) is 28.7 Å². The monoisotopic (exact) mass is 646 g/mol. The molecule has 1 amide bonds. The zero-order chi connectivity index (χ0) is 31.8. The first kappa shape index (κ1) is 31.5. The Morgan fingerprint density at radius 3 is 2.53 bits per heavy atom. The van der Waals surface area contributed by atoms with E-state index in [0.717, 1.165) is 21.1 Å². The quantitative estimate of drug-likeness (QED) is 0.117. The molecule has 0 aliphatic carbocycles. The number of carbonyl (C=O) groups excluding carboxylic acids is 1. The normalized spacial score (nSPS) is 10.7. The number of para-hydroxylation sites is 1. The lowest BCUT2D eigenvalue weighted by molar-refractivity contribution is -0.119. The summed E-state index contributed by atoms with van der Waals surface area (Å²) in [6, 6.07) is 20.9. The van der Waals surface area contributed by atoms with Crippen LogP contribution in [-0.2, 0) is 11.2 Å². The number of fused-ring (bicyclic) bond motifs is 1. The molecule has 5 rings (SSSR count). The smallest absolute Gasteiger partial charge is 0.230 e. The molecule has 0 spiro atoms. The zero-order valence-corrected chi connectivity index (χ0v) is 26.4. The molecule has 2 aromatic heterocycles. The van der Waals surface area contributed by atoms with E-state index in [4.69, 9.17) is 31.2 Å². The first-order chi connectivity index (χ1) is 21.9. The molecule has 232 valence electrons. The van der Waals surface area contributed by atoms with Crippen LogP contribution >= 0.6 is 23.6 Å². The second-order valence-corrected chi connectivity index (χ2v) is 11.0. The van der Waals surface area contributed by atoms with Crippen LogP contribution in [0.15, 0.2) is 79.0 Å². The molecule has 3 N–H and O–H groups in total. The number of ether oxygens (including phenoxy) is 4. The summed E-state index contributed by atoms with van der Waals surface area (Å²) in [7, 11) is 1.62. The summed E-state index contributed by atoms with van der Waals surface area (Å²) < 4.78 is 38.5. The minimum Gasteiger partial charge on any atom is -0.497 e. The Labute approximate surface area is 269 Å². The number of thiocarbonyl (C=S) groups is 1. The predicted octanol–water partition coefficient (Wildman–Crippen LogP) is 7.83. The van der Waals surface area contributed by atoms with Gasteiger partial charge >= 0.3 is 0 Å². The zero-order valence-electron chi connectivity index (χ0n) is 24.8. The van der Waals surface area contributed by atoms with E-state index in [9.17, 15) is 4.79 Å². The standard InChI is InChI=1S/C33H31FN4O5S2/c1-4-41-27-11-6-8-20(31(27)42-5-2)16-29(39)38-33(44)37-22-12-13-26(24(34)18-22)43-28-14-15-35-25-19-30(45-32(25)28)36-21-9-7-10-23(17-21)40-3/h6-15,17-19,36H,4-5,16H2,1-3H3,(H2,37,38,39,44). The minimum absolute atomic E-state index is 0.0130. The highest BCUT2D eigenvalue weighted by Crippen LogP contribution is 2.39. The number of carbonyl (C=O) groups is 1. The van der Waals surface area contributed by atoms with Crippen molar-refractivity contribution in [2.75, 3.05) is 31.0 Å². The summed E-state index contributed by atoms with van der Waals surface area (Å²) in [4.78, 5) is 17.2. The van der Waals surface area contributed by atoms with Crippen LogP contribution in [0.25, 0.3) is 10.2 Å². The molecule has 0 aliphatic rings. The summed E-state index contributed by atoms with van der Waals surface area (Å²) in [5.74, 6) is 1.34. The maximum atomic E-state index is 15.2. The molecule has 0 saturated heterocycles. The van der Waals surface area contributed by atoms with Gasteiger partial charge in [0.2, 0.25) is 5.91 Å². The molecular weight excluding hydrogens is 616 g/mol. The van der Waals surface area contributed by atoms with E-state index in [2.05, 4.69) is 20.9 Å². The number of pyridine rings is 1. The van der Waals surface area contributed by atoms with Gasteiger partial charge < -0.3 is 34.9 Å². The Hall–Kier alpha value is -4.94. The lowest BCUT2D eigenvalue weighted by Gasteiger charge is -2.15. The second kappa shape index (κ2) is 14.7. The van der Waals surface area contributed by atoms with Gasteiger partial charge in [-0.05, 0) is 62.5 Å². The fourth-order valence-electron chi connectivity index (χ4n) is 4.46. The summed E-state index contributed by atoms with van der Waals surface area (Å²) in [5, 5.41) is 9.69. The largest absolute Gasteiger partial charge is 0.497 e. The van der Waals surface area contributed by atoms with Gasteiger partial charge in [0.25, 0.3) is 0 Å². The first-order valence-electron chi connectivity index (χ1n) is 14.1. The third-order valence-electron chi connectivity index (χ3n) is 6.38. The average molecular weight is 647 g/mol. The number of aromatic nitrogens is 1. The maximum Gasteiger partial charge on any atom is 0.230 e. The van der Waals surface area contributed by atoms with Gasteiger partial charge in [0.05, 0.1) is 42.0 Å². The SMILES string of the molecule is CCOc1cccc(CC(=O)NC(=S)Nc2ccc(Oc3ccnc4cc(Nc5cccc(OC)c5)sc34)c(F)c2)c1OCC. The van der Waals surface area contributed by atoms with Crippen LogP contribution in [-0.4, -0.2) is 36.3 Å². The van der Waals surface area contributed by atoms with Crippen molar-refractivity contribution in [3.05, 3.63) is 90.4 Å². The van der Waals surface area contributed by atoms with Crippen LogP contribution in [0, 0.1) is 5.82 Å². The number of thiophene rings is 1. The van der Waals surface area contributed by atoms with E-state index in [1.165, 1.54) is 23.5 Å². The van der Waals surface area contributed by atoms with Crippen molar-refractivity contribution in [3.63, 3.8) is 0 Å². The Morgan fingerprint density at radius 1 is 0.933 bits per heavy atom. The molecule has 0 saturated carbocycles. The summed E-state index contributed by atoms with van der Waals surface area (Å²) in [6.07, 6.45) is 1.62. The predicted molar refractivity (Wildman–Crippen MR) is 179 cm³/mol. The molecule has 2 heterocycles. The number of amides is 1. The molecule has 12 heteroatoms. The minimum atomic E-state index is -0.612. The number of nitrogens with zero attached hydrogens (tertiary/aromatic N) is 1. The van der Waals surface area contributed by atoms with Gasteiger partial charge in [0.1, 0.15) is 11.5 Å². The van der Waals surface area contributed by atoms with E-state index in [1.807, 2.05) is 44.2 Å². The molecule has 0 aliphatic heterocycles. The number of hydrogen-bond donors (Lipinski definition) is 3. The summed E-state index contributed by atoms with van der Waals surface area (Å²) >= 11 is 6.74. The van der Waals surface area contributed by atoms with Crippen molar-refractivity contribution in [1.29, 1.82) is 0 Å². The van der Waals surface area contributed by atoms with Gasteiger partial charge in [-0.1, -0.05) is 18.2 Å². The fourth-order valence-corrected chi connectivity index (χ4v) is 5.68. The number of anilines is 3. The number of halogens is 1. The molecular formula is C33H31FN4O5S2. The van der Waals surface area contributed by atoms with Crippen LogP contribution in [0.2, 0.25) is 0 Å². The summed E-state index contributed by atoms with van der Waals surface area (Å²) in [5.41, 5.74) is 2.58. The van der Waals surface area contributed by atoms with Gasteiger partial charge in [0, 0.05) is 41.3 Å². The van der Waals surface area contributed by atoms with E-state index < -0.39 is 5.82 Å². The molecule has 0 atom stereocenters. The van der Waals surface area contributed by atoms with Crippen molar-refractivity contribution in [1.82, 2.24) is 10.3 Å².